The first-order valence-electron chi connectivity index (χ1n) is 16.3. The number of thioether (sulfide) groups is 1. The summed E-state index contributed by atoms with van der Waals surface area (Å²) >= 11 is 1.69. The van der Waals surface area contributed by atoms with Gasteiger partial charge in [-0.05, 0) is 136 Å². The molecule has 0 amide bonds. The van der Waals surface area contributed by atoms with Crippen molar-refractivity contribution in [3.8, 4) is 0 Å². The van der Waals surface area contributed by atoms with Crippen molar-refractivity contribution in [3.05, 3.63) is 11.6 Å². The number of ketones is 1. The number of hydrogen-bond donors (Lipinski definition) is 0. The van der Waals surface area contributed by atoms with Crippen LogP contribution in [0.2, 0.25) is 0 Å². The van der Waals surface area contributed by atoms with Crippen molar-refractivity contribution in [1.82, 2.24) is 0 Å². The normalized spacial score (nSPS) is 53.3. The van der Waals surface area contributed by atoms with Gasteiger partial charge in [0.05, 0.1) is 0 Å². The molecule has 8 fully saturated rings. The highest BCUT2D eigenvalue weighted by Crippen LogP contribution is 2.71. The average molecular weight is 551 g/mol. The molecular formula is C34H46O4S. The molecule has 4 bridgehead atoms. The summed E-state index contributed by atoms with van der Waals surface area (Å²) in [7, 11) is 0. The molecule has 4 nitrogen and oxygen atoms in total. The van der Waals surface area contributed by atoms with E-state index < -0.39 is 0 Å². The van der Waals surface area contributed by atoms with Crippen LogP contribution in [0.5, 0.6) is 0 Å². The van der Waals surface area contributed by atoms with Crippen molar-refractivity contribution in [2.75, 3.05) is 0 Å². The average Bonchev–Trinajstić information content (AvgIpc) is 3.38. The van der Waals surface area contributed by atoms with Crippen LogP contribution in [0.15, 0.2) is 11.6 Å². The first-order valence-corrected chi connectivity index (χ1v) is 17.1. The smallest absolute Gasteiger partial charge is 0.306 e. The summed E-state index contributed by atoms with van der Waals surface area (Å²) < 4.78 is 6.21. The van der Waals surface area contributed by atoms with E-state index in [2.05, 4.69) is 13.8 Å². The Kier molecular flexibility index (Phi) is 5.56. The van der Waals surface area contributed by atoms with Gasteiger partial charge in [-0.15, -0.1) is 0 Å². The van der Waals surface area contributed by atoms with Gasteiger partial charge in [-0.2, -0.15) is 0 Å². The monoisotopic (exact) mass is 550 g/mol. The standard InChI is InChI=1S/C34H46O4S/c1-31-7-3-24(35)14-23(31)15-27(39-29(37)19-33-16-20-11-21(17-33)13-22(12-20)18-33)30-25(31)4-8-32(2)26(30)5-9-34(32)10-6-28(36)38-34/h14,20-22,25-27,30H,3-13,15-19H2,1-2H3/t20?,21?,22?,25?,26?,27?,30?,31?,32?,33?,34-/m1/s1. The zero-order chi connectivity index (χ0) is 26.8. The number of hydrogen-bond acceptors (Lipinski definition) is 5. The molecule has 0 aromatic heterocycles. The Labute approximate surface area is 238 Å². The van der Waals surface area contributed by atoms with Gasteiger partial charge in [0.1, 0.15) is 5.60 Å². The van der Waals surface area contributed by atoms with Gasteiger partial charge < -0.3 is 4.74 Å². The van der Waals surface area contributed by atoms with E-state index in [1.54, 1.807) is 11.8 Å². The van der Waals surface area contributed by atoms with Crippen molar-refractivity contribution in [3.63, 3.8) is 0 Å². The summed E-state index contributed by atoms with van der Waals surface area (Å²) in [6.45, 7) is 4.86. The minimum absolute atomic E-state index is 0.00414. The molecule has 39 heavy (non-hydrogen) atoms. The van der Waals surface area contributed by atoms with Gasteiger partial charge in [0.25, 0.3) is 0 Å². The third-order valence-electron chi connectivity index (χ3n) is 14.3. The van der Waals surface area contributed by atoms with Crippen LogP contribution in [0.25, 0.3) is 0 Å². The molecule has 9 aliphatic rings. The number of carbonyl (C=O) groups is 3. The maximum Gasteiger partial charge on any atom is 0.306 e. The third kappa shape index (κ3) is 3.65. The molecule has 1 saturated heterocycles. The van der Waals surface area contributed by atoms with E-state index in [4.69, 9.17) is 4.74 Å². The van der Waals surface area contributed by atoms with E-state index in [1.807, 2.05) is 6.08 Å². The first-order chi connectivity index (χ1) is 18.6. The van der Waals surface area contributed by atoms with Crippen LogP contribution < -0.4 is 0 Å². The fourth-order valence-corrected chi connectivity index (χ4v) is 14.5. The molecule has 1 aliphatic heterocycles. The fourth-order valence-electron chi connectivity index (χ4n) is 12.9. The van der Waals surface area contributed by atoms with Crippen LogP contribution in [-0.2, 0) is 19.1 Å². The molecule has 5 heteroatoms. The molecule has 7 saturated carbocycles. The van der Waals surface area contributed by atoms with Gasteiger partial charge in [0.15, 0.2) is 10.9 Å². The maximum atomic E-state index is 14.0. The van der Waals surface area contributed by atoms with E-state index in [9.17, 15) is 14.4 Å². The van der Waals surface area contributed by atoms with Crippen molar-refractivity contribution in [2.24, 2.45) is 51.8 Å². The first kappa shape index (κ1) is 25.6. The molecule has 0 aromatic rings. The van der Waals surface area contributed by atoms with Crippen molar-refractivity contribution >= 4 is 28.6 Å². The lowest BCUT2D eigenvalue weighted by atomic mass is 9.46. The molecule has 0 radical (unpaired) electrons. The highest BCUT2D eigenvalue weighted by atomic mass is 32.2. The highest BCUT2D eigenvalue weighted by molar-refractivity contribution is 8.14. The maximum absolute atomic E-state index is 14.0. The third-order valence-corrected chi connectivity index (χ3v) is 15.5. The number of esters is 1. The summed E-state index contributed by atoms with van der Waals surface area (Å²) in [5.41, 5.74) is 1.39. The zero-order valence-electron chi connectivity index (χ0n) is 24.0. The van der Waals surface area contributed by atoms with E-state index in [1.165, 1.54) is 44.1 Å². The second-order valence-electron chi connectivity index (χ2n) is 16.1. The van der Waals surface area contributed by atoms with Gasteiger partial charge in [-0.3, -0.25) is 14.4 Å². The zero-order valence-corrected chi connectivity index (χ0v) is 24.8. The second kappa shape index (κ2) is 8.48. The van der Waals surface area contributed by atoms with Crippen LogP contribution in [0.4, 0.5) is 0 Å². The van der Waals surface area contributed by atoms with Gasteiger partial charge in [0, 0.05) is 29.9 Å². The molecule has 7 atom stereocenters. The molecule has 0 aromatic carbocycles. The Bertz CT molecular complexity index is 1120. The SMILES string of the molecule is CC12CCC(=O)C=C1CC(SC(=O)CC13CC4CC(CC(C4)C1)C3)C1C2CCC2(C)C1CC[C@@]21CCC(=O)O1. The summed E-state index contributed by atoms with van der Waals surface area (Å²) in [6.07, 6.45) is 19.1. The number of rotatable bonds is 3. The van der Waals surface area contributed by atoms with Gasteiger partial charge in [0.2, 0.25) is 0 Å². The van der Waals surface area contributed by atoms with E-state index in [0.29, 0.717) is 35.7 Å². The van der Waals surface area contributed by atoms with Crippen LogP contribution >= 0.6 is 11.8 Å². The van der Waals surface area contributed by atoms with E-state index in [0.717, 1.165) is 69.1 Å². The van der Waals surface area contributed by atoms with Crippen LogP contribution in [0, 0.1) is 51.8 Å². The highest BCUT2D eigenvalue weighted by Gasteiger charge is 2.68. The predicted molar refractivity (Wildman–Crippen MR) is 152 cm³/mol. The largest absolute Gasteiger partial charge is 0.458 e. The molecule has 1 spiro atoms. The predicted octanol–water partition coefficient (Wildman–Crippen LogP) is 7.44. The summed E-state index contributed by atoms with van der Waals surface area (Å²) in [5, 5.41) is 0.679. The molecule has 1 heterocycles. The molecular weight excluding hydrogens is 504 g/mol. The van der Waals surface area contributed by atoms with Crippen molar-refractivity contribution < 1.29 is 19.1 Å². The minimum atomic E-state index is -0.294. The molecule has 6 unspecified atom stereocenters. The van der Waals surface area contributed by atoms with Crippen LogP contribution in [0.3, 0.4) is 0 Å². The lowest BCUT2D eigenvalue weighted by Gasteiger charge is -2.61. The lowest BCUT2D eigenvalue weighted by Crippen LogP contribution is -2.57. The summed E-state index contributed by atoms with van der Waals surface area (Å²) in [4.78, 5) is 39.0. The topological polar surface area (TPSA) is 60.4 Å². The Morgan fingerprint density at radius 3 is 2.28 bits per heavy atom. The quantitative estimate of drug-likeness (QED) is 0.342. The molecule has 212 valence electrons. The molecule has 9 rings (SSSR count). The summed E-state index contributed by atoms with van der Waals surface area (Å²) in [6, 6.07) is 0. The number of fused-ring (bicyclic) bond motifs is 6. The Hall–Kier alpha value is -1.10. The van der Waals surface area contributed by atoms with Crippen LogP contribution in [-0.4, -0.2) is 27.7 Å². The molecule has 0 N–H and O–H groups in total. The van der Waals surface area contributed by atoms with Crippen LogP contribution in [0.1, 0.15) is 117 Å². The Morgan fingerprint density at radius 2 is 1.62 bits per heavy atom. The number of carbonyl (C=O) groups excluding carboxylic acids is 3. The van der Waals surface area contributed by atoms with Gasteiger partial charge >= 0.3 is 5.97 Å². The van der Waals surface area contributed by atoms with Crippen molar-refractivity contribution in [1.29, 1.82) is 0 Å². The van der Waals surface area contributed by atoms with E-state index in [-0.39, 0.29) is 38.8 Å². The minimum Gasteiger partial charge on any atom is -0.458 e. The Morgan fingerprint density at radius 1 is 0.923 bits per heavy atom. The molecule has 8 aliphatic carbocycles. The van der Waals surface area contributed by atoms with Gasteiger partial charge in [-0.1, -0.05) is 31.2 Å². The Balaban J connectivity index is 1.10. The van der Waals surface area contributed by atoms with Gasteiger partial charge in [-0.25, -0.2) is 0 Å². The summed E-state index contributed by atoms with van der Waals surface area (Å²) in [5.74, 6) is 4.34. The van der Waals surface area contributed by atoms with Crippen molar-refractivity contribution in [2.45, 2.75) is 127 Å². The second-order valence-corrected chi connectivity index (χ2v) is 17.4. The number of allylic oxidation sites excluding steroid dienone is 1. The van der Waals surface area contributed by atoms with E-state index >= 15 is 0 Å². The lowest BCUT2D eigenvalue weighted by molar-refractivity contribution is -0.167. The number of ether oxygens (including phenoxy) is 1. The fraction of sp³-hybridized carbons (Fsp3) is 0.853.